The van der Waals surface area contributed by atoms with Crippen molar-refractivity contribution in [2.45, 2.75) is 76.6 Å². The summed E-state index contributed by atoms with van der Waals surface area (Å²) >= 11 is 3.68. The van der Waals surface area contributed by atoms with E-state index in [0.717, 1.165) is 49.7 Å². The van der Waals surface area contributed by atoms with E-state index in [0.29, 0.717) is 17.5 Å². The van der Waals surface area contributed by atoms with Gasteiger partial charge in [0.25, 0.3) is 0 Å². The minimum absolute atomic E-state index is 0.133. The van der Waals surface area contributed by atoms with Gasteiger partial charge in [0.1, 0.15) is 0 Å². The zero-order valence-electron chi connectivity index (χ0n) is 17.7. The molecule has 0 bridgehead atoms. The van der Waals surface area contributed by atoms with Crippen molar-refractivity contribution >= 4 is 15.9 Å². The molecule has 1 aromatic carbocycles. The van der Waals surface area contributed by atoms with E-state index in [9.17, 15) is 10.2 Å². The van der Waals surface area contributed by atoms with E-state index in [2.05, 4.69) is 41.6 Å². The Hall–Kier alpha value is -0.860. The molecule has 0 amide bonds. The molecule has 2 aliphatic heterocycles. The molecule has 2 N–H and O–H groups in total. The zero-order valence-corrected chi connectivity index (χ0v) is 19.3. The lowest BCUT2D eigenvalue weighted by molar-refractivity contribution is -0.306. The summed E-state index contributed by atoms with van der Waals surface area (Å²) in [4.78, 5) is 2.50. The molecule has 2 heterocycles. The van der Waals surface area contributed by atoms with Crippen molar-refractivity contribution in [2.75, 3.05) is 20.2 Å². The average molecular weight is 470 g/mol. The van der Waals surface area contributed by atoms with E-state index >= 15 is 0 Å². The van der Waals surface area contributed by atoms with Gasteiger partial charge in [0.15, 0.2) is 11.5 Å². The maximum Gasteiger partial charge on any atom is 0.324 e. The summed E-state index contributed by atoms with van der Waals surface area (Å²) in [6.45, 7) is 8.20. The second-order valence-electron chi connectivity index (χ2n) is 9.51. The average Bonchev–Trinajstić information content (AvgIpc) is 3.47. The highest BCUT2D eigenvalue weighted by molar-refractivity contribution is 9.10. The van der Waals surface area contributed by atoms with Crippen LogP contribution in [-0.4, -0.2) is 53.0 Å². The monoisotopic (exact) mass is 469 g/mol. The first-order chi connectivity index (χ1) is 13.6. The molecule has 7 heteroatoms. The predicted octanol–water partition coefficient (Wildman–Crippen LogP) is 3.76. The van der Waals surface area contributed by atoms with Crippen molar-refractivity contribution in [3.63, 3.8) is 0 Å². The molecule has 1 aromatic rings. The third kappa shape index (κ3) is 4.44. The fourth-order valence-corrected chi connectivity index (χ4v) is 5.32. The molecule has 2 unspecified atom stereocenters. The molecule has 0 spiro atoms. The minimum Gasteiger partial charge on any atom is -0.493 e. The number of methoxy groups -OCH3 is 1. The lowest BCUT2D eigenvalue weighted by atomic mass is 9.85. The van der Waals surface area contributed by atoms with Crippen LogP contribution in [0.4, 0.5) is 0 Å². The second kappa shape index (κ2) is 7.68. The molecule has 162 valence electrons. The van der Waals surface area contributed by atoms with E-state index in [1.54, 1.807) is 7.11 Å². The van der Waals surface area contributed by atoms with Crippen molar-refractivity contribution in [3.05, 3.63) is 21.7 Å². The molecule has 0 aromatic heterocycles. The first kappa shape index (κ1) is 21.4. The maximum absolute atomic E-state index is 10.3. The van der Waals surface area contributed by atoms with E-state index in [4.69, 9.17) is 14.2 Å². The van der Waals surface area contributed by atoms with E-state index in [-0.39, 0.29) is 17.6 Å². The third-order valence-electron chi connectivity index (χ3n) is 6.07. The number of piperidine rings is 1. The fourth-order valence-electron chi connectivity index (χ4n) is 4.61. The molecule has 4 rings (SSSR count). The van der Waals surface area contributed by atoms with E-state index < -0.39 is 5.97 Å². The highest BCUT2D eigenvalue weighted by Gasteiger charge is 2.46. The summed E-state index contributed by atoms with van der Waals surface area (Å²) in [6, 6.07) is 2.33. The second-order valence-corrected chi connectivity index (χ2v) is 10.3. The standard InChI is InChI=1S/C22H32BrNO5/c1-21(2,3)28-14-7-8-17-16-11-18(27-4)20(29-22(25,26)13-5-6-13)19(23)15(16)9-10-24(17)12-14/h11,13-14,17,25-26H,5-10,12H2,1-4H3. The number of aliphatic hydroxyl groups is 2. The van der Waals surface area contributed by atoms with Gasteiger partial charge in [0.05, 0.1) is 29.2 Å². The molecule has 2 fully saturated rings. The summed E-state index contributed by atoms with van der Waals surface area (Å²) in [7, 11) is 1.59. The molecular weight excluding hydrogens is 438 g/mol. The Morgan fingerprint density at radius 3 is 2.48 bits per heavy atom. The SMILES string of the molecule is COc1cc2c(c(Br)c1OC(O)(O)C1CC1)CCN1CC(OC(C)(C)C)CCC21. The molecule has 1 saturated carbocycles. The van der Waals surface area contributed by atoms with Crippen molar-refractivity contribution in [2.24, 2.45) is 5.92 Å². The number of fused-ring (bicyclic) bond motifs is 3. The van der Waals surface area contributed by atoms with Gasteiger partial charge in [-0.25, -0.2) is 0 Å². The van der Waals surface area contributed by atoms with Crippen molar-refractivity contribution < 1.29 is 24.4 Å². The molecule has 6 nitrogen and oxygen atoms in total. The molecule has 2 atom stereocenters. The first-order valence-corrected chi connectivity index (χ1v) is 11.3. The van der Waals surface area contributed by atoms with Crippen LogP contribution in [0.3, 0.4) is 0 Å². The predicted molar refractivity (Wildman–Crippen MR) is 113 cm³/mol. The number of benzene rings is 1. The van der Waals surface area contributed by atoms with Gasteiger partial charge in [-0.3, -0.25) is 4.90 Å². The van der Waals surface area contributed by atoms with Crippen LogP contribution in [0.2, 0.25) is 0 Å². The molecule has 29 heavy (non-hydrogen) atoms. The Labute approximate surface area is 181 Å². The molecule has 0 radical (unpaired) electrons. The fraction of sp³-hybridized carbons (Fsp3) is 0.727. The summed E-state index contributed by atoms with van der Waals surface area (Å²) < 4.78 is 18.2. The van der Waals surface area contributed by atoms with Crippen molar-refractivity contribution in [3.8, 4) is 11.5 Å². The normalized spacial score (nSPS) is 25.3. The summed E-state index contributed by atoms with van der Waals surface area (Å²) in [5.41, 5.74) is 2.27. The van der Waals surface area contributed by atoms with Crippen LogP contribution >= 0.6 is 15.9 Å². The van der Waals surface area contributed by atoms with E-state index in [1.807, 2.05) is 6.07 Å². The number of ether oxygens (including phenoxy) is 3. The number of hydrogen-bond donors (Lipinski definition) is 2. The van der Waals surface area contributed by atoms with Crippen LogP contribution in [-0.2, 0) is 11.2 Å². The van der Waals surface area contributed by atoms with Gasteiger partial charge in [0, 0.05) is 19.1 Å². The quantitative estimate of drug-likeness (QED) is 0.639. The highest BCUT2D eigenvalue weighted by atomic mass is 79.9. The lowest BCUT2D eigenvalue weighted by Gasteiger charge is -2.45. The number of hydrogen-bond acceptors (Lipinski definition) is 6. The van der Waals surface area contributed by atoms with Crippen LogP contribution in [0.25, 0.3) is 0 Å². The molecule has 3 aliphatic rings. The van der Waals surface area contributed by atoms with Crippen LogP contribution in [0.5, 0.6) is 11.5 Å². The van der Waals surface area contributed by atoms with Crippen LogP contribution in [0.1, 0.15) is 63.6 Å². The maximum atomic E-state index is 10.3. The van der Waals surface area contributed by atoms with Crippen molar-refractivity contribution in [1.82, 2.24) is 4.90 Å². The smallest absolute Gasteiger partial charge is 0.324 e. The first-order valence-electron chi connectivity index (χ1n) is 10.5. The topological polar surface area (TPSA) is 71.4 Å². The Balaban J connectivity index is 1.60. The minimum atomic E-state index is -2.16. The number of rotatable bonds is 5. The number of halogens is 1. The molecule has 1 aliphatic carbocycles. The van der Waals surface area contributed by atoms with E-state index in [1.165, 1.54) is 11.1 Å². The van der Waals surface area contributed by atoms with Gasteiger partial charge in [-0.15, -0.1) is 0 Å². The summed E-state index contributed by atoms with van der Waals surface area (Å²) in [6.07, 6.45) is 4.68. The third-order valence-corrected chi connectivity index (χ3v) is 6.91. The Morgan fingerprint density at radius 2 is 1.86 bits per heavy atom. The van der Waals surface area contributed by atoms with Gasteiger partial charge >= 0.3 is 5.97 Å². The van der Waals surface area contributed by atoms with Crippen LogP contribution in [0, 0.1) is 5.92 Å². The van der Waals surface area contributed by atoms with Gasteiger partial charge in [-0.1, -0.05) is 0 Å². The van der Waals surface area contributed by atoms with Crippen LogP contribution < -0.4 is 9.47 Å². The highest BCUT2D eigenvalue weighted by Crippen LogP contribution is 2.49. The largest absolute Gasteiger partial charge is 0.493 e. The molecular formula is C22H32BrNO5. The van der Waals surface area contributed by atoms with Gasteiger partial charge in [0.2, 0.25) is 0 Å². The van der Waals surface area contributed by atoms with Gasteiger partial charge in [-0.2, -0.15) is 0 Å². The Kier molecular flexibility index (Phi) is 5.66. The number of nitrogens with zero attached hydrogens (tertiary/aromatic N) is 1. The van der Waals surface area contributed by atoms with Gasteiger partial charge < -0.3 is 24.4 Å². The van der Waals surface area contributed by atoms with Crippen LogP contribution in [0.15, 0.2) is 10.5 Å². The zero-order chi connectivity index (χ0) is 21.0. The Morgan fingerprint density at radius 1 is 1.14 bits per heavy atom. The summed E-state index contributed by atoms with van der Waals surface area (Å²) in [5, 5.41) is 20.6. The Bertz CT molecular complexity index is 771. The summed E-state index contributed by atoms with van der Waals surface area (Å²) in [5.74, 6) is -1.50. The molecule has 1 saturated heterocycles. The van der Waals surface area contributed by atoms with Gasteiger partial charge in [-0.05, 0) is 86.0 Å². The lowest BCUT2D eigenvalue weighted by Crippen LogP contribution is -2.47. The van der Waals surface area contributed by atoms with Crippen molar-refractivity contribution in [1.29, 1.82) is 0 Å².